The Labute approximate surface area is 112 Å². The van der Waals surface area contributed by atoms with E-state index in [2.05, 4.69) is 31.4 Å². The molecule has 0 saturated carbocycles. The minimum Gasteiger partial charge on any atom is -0.381 e. The van der Waals surface area contributed by atoms with Gasteiger partial charge in [0.05, 0.1) is 0 Å². The zero-order chi connectivity index (χ0) is 12.3. The molecule has 2 atom stereocenters. The van der Waals surface area contributed by atoms with E-state index in [0.717, 1.165) is 31.1 Å². The zero-order valence-corrected chi connectivity index (χ0v) is 12.2. The van der Waals surface area contributed by atoms with E-state index in [9.17, 15) is 0 Å². The van der Waals surface area contributed by atoms with Crippen LogP contribution >= 0.6 is 12.6 Å². The van der Waals surface area contributed by atoms with E-state index in [0.29, 0.717) is 5.41 Å². The number of nitrogens with zero attached hydrogens (tertiary/aromatic N) is 1. The van der Waals surface area contributed by atoms with Crippen molar-refractivity contribution in [1.29, 1.82) is 0 Å². The summed E-state index contributed by atoms with van der Waals surface area (Å²) in [5.41, 5.74) is 0.404. The second kappa shape index (κ2) is 5.94. The molecule has 0 aliphatic carbocycles. The lowest BCUT2D eigenvalue weighted by molar-refractivity contribution is -0.0163. The molecular weight excluding hydrogens is 230 g/mol. The highest BCUT2D eigenvalue weighted by Gasteiger charge is 2.36. The van der Waals surface area contributed by atoms with Gasteiger partial charge in [0.2, 0.25) is 0 Å². The number of thiol groups is 1. The number of hydrogen-bond donors (Lipinski definition) is 1. The van der Waals surface area contributed by atoms with Crippen molar-refractivity contribution in [3.63, 3.8) is 0 Å². The number of piperidine rings is 1. The fraction of sp³-hybridized carbons (Fsp3) is 1.00. The average Bonchev–Trinajstić information content (AvgIpc) is 2.35. The summed E-state index contributed by atoms with van der Waals surface area (Å²) >= 11 is 4.63. The Bertz CT molecular complexity index is 230. The molecule has 17 heavy (non-hydrogen) atoms. The summed E-state index contributed by atoms with van der Waals surface area (Å²) in [6.07, 6.45) is 6.50. The molecule has 2 rings (SSSR count). The Balaban J connectivity index is 2.00. The van der Waals surface area contributed by atoms with Crippen LogP contribution in [0.15, 0.2) is 0 Å². The largest absolute Gasteiger partial charge is 0.381 e. The van der Waals surface area contributed by atoms with E-state index < -0.39 is 0 Å². The van der Waals surface area contributed by atoms with E-state index >= 15 is 0 Å². The molecule has 3 heteroatoms. The maximum atomic E-state index is 5.52. The summed E-state index contributed by atoms with van der Waals surface area (Å²) in [4.78, 5) is 2.73. The quantitative estimate of drug-likeness (QED) is 0.780. The summed E-state index contributed by atoms with van der Waals surface area (Å²) in [5, 5.41) is 0. The third-order valence-corrected chi connectivity index (χ3v) is 5.45. The molecule has 2 nitrogen and oxygen atoms in total. The molecule has 2 saturated heterocycles. The second-order valence-corrected chi connectivity index (χ2v) is 6.39. The van der Waals surface area contributed by atoms with Crippen molar-refractivity contribution >= 4 is 12.6 Å². The lowest BCUT2D eigenvalue weighted by Crippen LogP contribution is -2.51. The van der Waals surface area contributed by atoms with Gasteiger partial charge >= 0.3 is 0 Å². The van der Waals surface area contributed by atoms with Crippen molar-refractivity contribution < 1.29 is 4.74 Å². The molecule has 0 radical (unpaired) electrons. The van der Waals surface area contributed by atoms with Gasteiger partial charge in [-0.3, -0.25) is 4.90 Å². The summed E-state index contributed by atoms with van der Waals surface area (Å²) in [6.45, 7) is 7.86. The van der Waals surface area contributed by atoms with E-state index in [1.165, 1.54) is 38.6 Å². The number of hydrogen-bond acceptors (Lipinski definition) is 3. The van der Waals surface area contributed by atoms with Crippen LogP contribution in [0.25, 0.3) is 0 Å². The molecule has 0 unspecified atom stereocenters. The van der Waals surface area contributed by atoms with Gasteiger partial charge in [-0.25, -0.2) is 0 Å². The smallest absolute Gasteiger partial charge is 0.0472 e. The van der Waals surface area contributed by atoms with Crippen molar-refractivity contribution in [1.82, 2.24) is 4.90 Å². The number of rotatable bonds is 3. The van der Waals surface area contributed by atoms with Crippen LogP contribution in [0.3, 0.4) is 0 Å². The zero-order valence-electron chi connectivity index (χ0n) is 11.3. The molecule has 0 bridgehead atoms. The van der Waals surface area contributed by atoms with E-state index in [1.807, 2.05) is 0 Å². The lowest BCUT2D eigenvalue weighted by Gasteiger charge is -2.46. The van der Waals surface area contributed by atoms with Gasteiger partial charge in [-0.15, -0.1) is 0 Å². The molecule has 0 aromatic rings. The van der Waals surface area contributed by atoms with Crippen molar-refractivity contribution in [3.05, 3.63) is 0 Å². The summed E-state index contributed by atoms with van der Waals surface area (Å²) in [6, 6.07) is 1.50. The third-order valence-electron chi connectivity index (χ3n) is 4.78. The highest BCUT2D eigenvalue weighted by molar-refractivity contribution is 7.80. The fourth-order valence-corrected chi connectivity index (χ4v) is 3.76. The topological polar surface area (TPSA) is 12.5 Å². The molecule has 2 aliphatic rings. The Kier molecular flexibility index (Phi) is 4.79. The number of likely N-dealkylation sites (tertiary alicyclic amines) is 1. The Morgan fingerprint density at radius 1 is 1.18 bits per heavy atom. The van der Waals surface area contributed by atoms with E-state index in [4.69, 9.17) is 4.74 Å². The van der Waals surface area contributed by atoms with Crippen LogP contribution < -0.4 is 0 Å². The molecule has 0 N–H and O–H groups in total. The molecular formula is C14H27NOS. The first-order valence-electron chi connectivity index (χ1n) is 7.11. The van der Waals surface area contributed by atoms with Crippen LogP contribution in [0.5, 0.6) is 0 Å². The van der Waals surface area contributed by atoms with Crippen LogP contribution in [0.4, 0.5) is 0 Å². The van der Waals surface area contributed by atoms with Gasteiger partial charge in [0, 0.05) is 31.8 Å². The lowest BCUT2D eigenvalue weighted by atomic mass is 9.80. The summed E-state index contributed by atoms with van der Waals surface area (Å²) in [7, 11) is 0. The Hall–Kier alpha value is 0.270. The van der Waals surface area contributed by atoms with Crippen LogP contribution in [0.2, 0.25) is 0 Å². The summed E-state index contributed by atoms with van der Waals surface area (Å²) < 4.78 is 5.52. The minimum absolute atomic E-state index is 0.404. The minimum atomic E-state index is 0.404. The molecule has 100 valence electrons. The van der Waals surface area contributed by atoms with Gasteiger partial charge in [0.25, 0.3) is 0 Å². The summed E-state index contributed by atoms with van der Waals surface area (Å²) in [5.74, 6) is 1.01. The van der Waals surface area contributed by atoms with Crippen LogP contribution in [0.1, 0.15) is 46.0 Å². The molecule has 0 aromatic carbocycles. The maximum absolute atomic E-state index is 5.52. The second-order valence-electron chi connectivity index (χ2n) is 6.07. The highest BCUT2D eigenvalue weighted by Crippen LogP contribution is 2.35. The average molecular weight is 257 g/mol. The van der Waals surface area contributed by atoms with E-state index in [-0.39, 0.29) is 0 Å². The number of ether oxygens (including phenoxy) is 1. The van der Waals surface area contributed by atoms with Crippen molar-refractivity contribution in [3.8, 4) is 0 Å². The van der Waals surface area contributed by atoms with Crippen LogP contribution in [0, 0.1) is 5.41 Å². The predicted molar refractivity (Wildman–Crippen MR) is 75.8 cm³/mol. The molecule has 0 spiro atoms. The van der Waals surface area contributed by atoms with Crippen molar-refractivity contribution in [2.45, 2.75) is 58.0 Å². The molecule has 2 fully saturated rings. The van der Waals surface area contributed by atoms with Gasteiger partial charge in [-0.2, -0.15) is 12.6 Å². The Morgan fingerprint density at radius 3 is 2.29 bits per heavy atom. The van der Waals surface area contributed by atoms with Gasteiger partial charge in [-0.1, -0.05) is 6.42 Å². The van der Waals surface area contributed by atoms with Gasteiger partial charge in [0.15, 0.2) is 0 Å². The van der Waals surface area contributed by atoms with Gasteiger partial charge in [0.1, 0.15) is 0 Å². The molecule has 2 aliphatic heterocycles. The first kappa shape index (κ1) is 13.7. The van der Waals surface area contributed by atoms with Gasteiger partial charge in [-0.05, 0) is 50.7 Å². The fourth-order valence-electron chi connectivity index (χ4n) is 3.34. The Morgan fingerprint density at radius 2 is 1.76 bits per heavy atom. The predicted octanol–water partition coefficient (Wildman–Crippen LogP) is 2.98. The third kappa shape index (κ3) is 3.18. The first-order chi connectivity index (χ1) is 8.17. The standard InChI is InChI=1S/C14H27NOS/c1-12-4-3-5-13(2)15(12)10-14(11-17)6-8-16-9-7-14/h12-13,17H,3-11H2,1-2H3/t12-,13+. The van der Waals surface area contributed by atoms with Crippen molar-refractivity contribution in [2.24, 2.45) is 5.41 Å². The normalized spacial score (nSPS) is 34.8. The first-order valence-corrected chi connectivity index (χ1v) is 7.74. The molecule has 2 heterocycles. The SMILES string of the molecule is C[C@@H]1CCC[C@H](C)N1CC1(CS)CCOCC1. The van der Waals surface area contributed by atoms with Crippen LogP contribution in [-0.4, -0.2) is 42.5 Å². The van der Waals surface area contributed by atoms with Crippen LogP contribution in [-0.2, 0) is 4.74 Å². The van der Waals surface area contributed by atoms with Gasteiger partial charge < -0.3 is 4.74 Å². The molecule has 0 aromatic heterocycles. The highest BCUT2D eigenvalue weighted by atomic mass is 32.1. The monoisotopic (exact) mass is 257 g/mol. The van der Waals surface area contributed by atoms with E-state index in [1.54, 1.807) is 0 Å². The molecule has 0 amide bonds. The van der Waals surface area contributed by atoms with Crippen molar-refractivity contribution in [2.75, 3.05) is 25.5 Å². The maximum Gasteiger partial charge on any atom is 0.0472 e.